The minimum Gasteiger partial charge on any atom is -0.408 e. The number of aryl methyl sites for hydroxylation is 1. The van der Waals surface area contributed by atoms with Gasteiger partial charge in [-0.1, -0.05) is 29.3 Å². The van der Waals surface area contributed by atoms with Gasteiger partial charge in [0, 0.05) is 17.1 Å². The Morgan fingerprint density at radius 3 is 2.43 bits per heavy atom. The highest BCUT2D eigenvalue weighted by Gasteiger charge is 2.15. The number of aromatic nitrogens is 1. The molecule has 0 saturated carbocycles. The molecule has 0 radical (unpaired) electrons. The topological polar surface area (TPSA) is 55.4 Å². The third kappa shape index (κ3) is 2.58. The minimum atomic E-state index is -0.906. The third-order valence-corrected chi connectivity index (χ3v) is 3.77. The average molecular weight is 324 g/mol. The number of oxazole rings is 1. The van der Waals surface area contributed by atoms with Gasteiger partial charge in [0.25, 0.3) is 0 Å². The smallest absolute Gasteiger partial charge is 0.408 e. The van der Waals surface area contributed by atoms with E-state index in [2.05, 4.69) is 0 Å². The van der Waals surface area contributed by atoms with Gasteiger partial charge in [-0.15, -0.1) is 0 Å². The maximum absolute atomic E-state index is 11.5. The van der Waals surface area contributed by atoms with Gasteiger partial charge in [-0.05, 0) is 41.5 Å². The molecule has 1 aromatic heterocycles. The Labute approximate surface area is 130 Å². The summed E-state index contributed by atoms with van der Waals surface area (Å²) in [6.07, 6.45) is -0.906. The summed E-state index contributed by atoms with van der Waals surface area (Å²) >= 11 is 11.9. The van der Waals surface area contributed by atoms with Crippen molar-refractivity contribution in [2.45, 2.75) is 6.10 Å². The molecule has 1 N–H and O–H groups in total. The molecule has 0 bridgehead atoms. The van der Waals surface area contributed by atoms with Crippen molar-refractivity contribution in [3.8, 4) is 0 Å². The molecule has 0 aliphatic heterocycles. The molecular weight excluding hydrogens is 313 g/mol. The molecule has 0 aliphatic carbocycles. The fraction of sp³-hybridized carbons (Fsp3) is 0.133. The van der Waals surface area contributed by atoms with Crippen LogP contribution < -0.4 is 5.76 Å². The van der Waals surface area contributed by atoms with Crippen LogP contribution in [-0.4, -0.2) is 9.67 Å². The van der Waals surface area contributed by atoms with Crippen LogP contribution in [0.15, 0.2) is 45.6 Å². The number of rotatable bonds is 2. The predicted molar refractivity (Wildman–Crippen MR) is 82.0 cm³/mol. The summed E-state index contributed by atoms with van der Waals surface area (Å²) in [5.74, 6) is -0.442. The van der Waals surface area contributed by atoms with Gasteiger partial charge in [-0.3, -0.25) is 4.57 Å². The van der Waals surface area contributed by atoms with Gasteiger partial charge in [-0.2, -0.15) is 0 Å². The van der Waals surface area contributed by atoms with Crippen LogP contribution in [0.3, 0.4) is 0 Å². The SMILES string of the molecule is Cn1c(=O)oc2cc(C(O)c3cc(Cl)cc(Cl)c3)ccc21. The summed E-state index contributed by atoms with van der Waals surface area (Å²) in [6.45, 7) is 0. The Morgan fingerprint density at radius 1 is 1.10 bits per heavy atom. The van der Waals surface area contributed by atoms with E-state index in [0.717, 1.165) is 0 Å². The van der Waals surface area contributed by atoms with Crippen LogP contribution in [-0.2, 0) is 7.05 Å². The highest BCUT2D eigenvalue weighted by molar-refractivity contribution is 6.34. The van der Waals surface area contributed by atoms with E-state index in [1.165, 1.54) is 4.57 Å². The molecule has 0 spiro atoms. The zero-order valence-electron chi connectivity index (χ0n) is 11.0. The first-order chi connectivity index (χ1) is 9.95. The molecule has 6 heteroatoms. The lowest BCUT2D eigenvalue weighted by Gasteiger charge is -2.12. The van der Waals surface area contributed by atoms with Crippen LogP contribution in [0.5, 0.6) is 0 Å². The van der Waals surface area contributed by atoms with Gasteiger partial charge >= 0.3 is 5.76 Å². The molecule has 4 nitrogen and oxygen atoms in total. The standard InChI is InChI=1S/C15H11Cl2NO3/c1-18-12-3-2-8(6-13(12)21-15(18)20)14(19)9-4-10(16)7-11(17)5-9/h2-7,14,19H,1H3. The van der Waals surface area contributed by atoms with E-state index in [0.29, 0.717) is 32.3 Å². The highest BCUT2D eigenvalue weighted by Crippen LogP contribution is 2.29. The predicted octanol–water partition coefficient (Wildman–Crippen LogP) is 3.52. The molecule has 0 saturated heterocycles. The van der Waals surface area contributed by atoms with Crippen molar-refractivity contribution in [3.05, 3.63) is 68.1 Å². The number of aliphatic hydroxyl groups is 1. The van der Waals surface area contributed by atoms with Crippen molar-refractivity contribution in [2.75, 3.05) is 0 Å². The Kier molecular flexibility index (Phi) is 3.53. The lowest BCUT2D eigenvalue weighted by atomic mass is 10.0. The van der Waals surface area contributed by atoms with Crippen molar-refractivity contribution < 1.29 is 9.52 Å². The van der Waals surface area contributed by atoms with E-state index in [1.807, 2.05) is 0 Å². The number of hydrogen-bond donors (Lipinski definition) is 1. The van der Waals surface area contributed by atoms with E-state index < -0.39 is 11.9 Å². The first-order valence-electron chi connectivity index (χ1n) is 6.19. The Bertz CT molecular complexity index is 862. The maximum atomic E-state index is 11.5. The molecule has 1 unspecified atom stereocenters. The number of fused-ring (bicyclic) bond motifs is 1. The summed E-state index contributed by atoms with van der Waals surface area (Å²) in [5, 5.41) is 11.3. The first-order valence-corrected chi connectivity index (χ1v) is 6.95. The number of aliphatic hydroxyl groups excluding tert-OH is 1. The zero-order valence-corrected chi connectivity index (χ0v) is 12.5. The molecule has 1 atom stereocenters. The number of nitrogens with zero attached hydrogens (tertiary/aromatic N) is 1. The molecule has 108 valence electrons. The van der Waals surface area contributed by atoms with Crippen molar-refractivity contribution in [1.29, 1.82) is 0 Å². The monoisotopic (exact) mass is 323 g/mol. The normalized spacial score (nSPS) is 12.8. The summed E-state index contributed by atoms with van der Waals surface area (Å²) in [5.41, 5.74) is 2.26. The highest BCUT2D eigenvalue weighted by atomic mass is 35.5. The second-order valence-corrected chi connectivity index (χ2v) is 5.63. The molecule has 0 fully saturated rings. The molecular formula is C15H11Cl2NO3. The molecule has 0 aliphatic rings. The van der Waals surface area contributed by atoms with E-state index in [9.17, 15) is 9.90 Å². The second kappa shape index (κ2) is 5.22. The first kappa shape index (κ1) is 14.2. The fourth-order valence-electron chi connectivity index (χ4n) is 2.25. The molecule has 2 aromatic carbocycles. The summed E-state index contributed by atoms with van der Waals surface area (Å²) in [7, 11) is 1.63. The molecule has 0 amide bonds. The minimum absolute atomic E-state index is 0.423. The van der Waals surface area contributed by atoms with Crippen molar-refractivity contribution in [3.63, 3.8) is 0 Å². The van der Waals surface area contributed by atoms with Crippen molar-refractivity contribution in [1.82, 2.24) is 4.57 Å². The quantitative estimate of drug-likeness (QED) is 0.785. The van der Waals surface area contributed by atoms with E-state index >= 15 is 0 Å². The molecule has 1 heterocycles. The lowest BCUT2D eigenvalue weighted by molar-refractivity contribution is 0.220. The summed E-state index contributed by atoms with van der Waals surface area (Å²) < 4.78 is 6.52. The molecule has 21 heavy (non-hydrogen) atoms. The average Bonchev–Trinajstić information content (AvgIpc) is 2.71. The van der Waals surface area contributed by atoms with Crippen LogP contribution in [0.25, 0.3) is 11.1 Å². The van der Waals surface area contributed by atoms with Gasteiger partial charge in [0.1, 0.15) is 6.10 Å². The number of hydrogen-bond acceptors (Lipinski definition) is 3. The van der Waals surface area contributed by atoms with E-state index in [4.69, 9.17) is 27.6 Å². The Hall–Kier alpha value is -1.75. The number of halogens is 2. The third-order valence-electron chi connectivity index (χ3n) is 3.33. The summed E-state index contributed by atoms with van der Waals surface area (Å²) in [4.78, 5) is 11.5. The van der Waals surface area contributed by atoms with E-state index in [1.54, 1.807) is 43.4 Å². The van der Waals surface area contributed by atoms with Gasteiger partial charge in [0.2, 0.25) is 0 Å². The van der Waals surface area contributed by atoms with Crippen LogP contribution in [0.2, 0.25) is 10.0 Å². The summed E-state index contributed by atoms with van der Waals surface area (Å²) in [6, 6.07) is 9.98. The van der Waals surface area contributed by atoms with Crippen molar-refractivity contribution >= 4 is 34.3 Å². The van der Waals surface area contributed by atoms with Gasteiger partial charge < -0.3 is 9.52 Å². The van der Waals surface area contributed by atoms with Gasteiger partial charge in [-0.25, -0.2) is 4.79 Å². The number of benzene rings is 2. The second-order valence-electron chi connectivity index (χ2n) is 4.76. The lowest BCUT2D eigenvalue weighted by Crippen LogP contribution is -2.08. The Morgan fingerprint density at radius 2 is 1.76 bits per heavy atom. The van der Waals surface area contributed by atoms with Crippen LogP contribution in [0.1, 0.15) is 17.2 Å². The Balaban J connectivity index is 2.08. The fourth-order valence-corrected chi connectivity index (χ4v) is 2.79. The van der Waals surface area contributed by atoms with Crippen LogP contribution in [0, 0.1) is 0 Å². The molecule has 3 rings (SSSR count). The van der Waals surface area contributed by atoms with E-state index in [-0.39, 0.29) is 0 Å². The van der Waals surface area contributed by atoms with Gasteiger partial charge in [0.15, 0.2) is 5.58 Å². The largest absolute Gasteiger partial charge is 0.419 e. The van der Waals surface area contributed by atoms with Crippen LogP contribution >= 0.6 is 23.2 Å². The maximum Gasteiger partial charge on any atom is 0.419 e. The zero-order chi connectivity index (χ0) is 15.1. The van der Waals surface area contributed by atoms with Gasteiger partial charge in [0.05, 0.1) is 5.52 Å². The van der Waals surface area contributed by atoms with Crippen LogP contribution in [0.4, 0.5) is 0 Å². The molecule has 3 aromatic rings. The van der Waals surface area contributed by atoms with Crippen molar-refractivity contribution in [2.24, 2.45) is 7.05 Å².